The van der Waals surface area contributed by atoms with Gasteiger partial charge in [-0.1, -0.05) is 42.5 Å². The van der Waals surface area contributed by atoms with Gasteiger partial charge in [-0.3, -0.25) is 0 Å². The van der Waals surface area contributed by atoms with Gasteiger partial charge < -0.3 is 14.2 Å². The summed E-state index contributed by atoms with van der Waals surface area (Å²) < 4.78 is 12.6. The zero-order valence-corrected chi connectivity index (χ0v) is 17.0. The molecule has 0 saturated carbocycles. The van der Waals surface area contributed by atoms with Crippen LogP contribution in [-0.4, -0.2) is 18.3 Å². The third kappa shape index (κ3) is 2.59. The molecule has 0 bridgehead atoms. The zero-order valence-electron chi connectivity index (χ0n) is 17.0. The zero-order chi connectivity index (χ0) is 19.5. The van der Waals surface area contributed by atoms with Crippen molar-refractivity contribution in [1.82, 2.24) is 0 Å². The van der Waals surface area contributed by atoms with Crippen LogP contribution in [0.1, 0.15) is 45.6 Å². The minimum absolute atomic E-state index is 0.326. The van der Waals surface area contributed by atoms with Crippen molar-refractivity contribution in [2.45, 2.75) is 51.2 Å². The SMILES string of the molecule is CC1(C)OB(c2ccc3c(c2)C2CC=CC=C2N3c2ccccc2)OC1(C)C. The maximum Gasteiger partial charge on any atom is 0.494 e. The maximum absolute atomic E-state index is 6.29. The molecule has 0 N–H and O–H groups in total. The highest BCUT2D eigenvalue weighted by molar-refractivity contribution is 6.62. The van der Waals surface area contributed by atoms with E-state index in [0.29, 0.717) is 5.92 Å². The highest BCUT2D eigenvalue weighted by Crippen LogP contribution is 2.50. The lowest BCUT2D eigenvalue weighted by atomic mass is 9.77. The van der Waals surface area contributed by atoms with Gasteiger partial charge in [0.2, 0.25) is 0 Å². The lowest BCUT2D eigenvalue weighted by Crippen LogP contribution is -2.41. The third-order valence-electron chi connectivity index (χ3n) is 6.60. The first-order valence-electron chi connectivity index (χ1n) is 10.1. The van der Waals surface area contributed by atoms with Gasteiger partial charge in [-0.05, 0) is 69.4 Å². The van der Waals surface area contributed by atoms with Crippen molar-refractivity contribution in [3.05, 3.63) is 78.0 Å². The van der Waals surface area contributed by atoms with Gasteiger partial charge in [0.25, 0.3) is 0 Å². The smallest absolute Gasteiger partial charge is 0.399 e. The second-order valence-electron chi connectivity index (χ2n) is 8.89. The van der Waals surface area contributed by atoms with Crippen molar-refractivity contribution in [3.63, 3.8) is 0 Å². The highest BCUT2D eigenvalue weighted by Gasteiger charge is 2.52. The minimum Gasteiger partial charge on any atom is -0.399 e. The van der Waals surface area contributed by atoms with E-state index < -0.39 is 0 Å². The average Bonchev–Trinajstić information content (AvgIpc) is 3.12. The molecule has 0 spiro atoms. The fourth-order valence-corrected chi connectivity index (χ4v) is 4.32. The summed E-state index contributed by atoms with van der Waals surface area (Å²) in [5.41, 5.74) is 5.60. The van der Waals surface area contributed by atoms with Gasteiger partial charge in [-0.15, -0.1) is 0 Å². The van der Waals surface area contributed by atoms with Gasteiger partial charge in [0.15, 0.2) is 0 Å². The van der Waals surface area contributed by atoms with Crippen molar-refractivity contribution >= 4 is 24.0 Å². The summed E-state index contributed by atoms with van der Waals surface area (Å²) in [6.07, 6.45) is 7.70. The topological polar surface area (TPSA) is 21.7 Å². The van der Waals surface area contributed by atoms with Gasteiger partial charge in [-0.25, -0.2) is 0 Å². The molecule has 1 fully saturated rings. The van der Waals surface area contributed by atoms with Gasteiger partial charge in [-0.2, -0.15) is 0 Å². The van der Waals surface area contributed by atoms with E-state index in [2.05, 4.69) is 99.4 Å². The van der Waals surface area contributed by atoms with Crippen LogP contribution in [0, 0.1) is 0 Å². The molecule has 3 aliphatic rings. The summed E-state index contributed by atoms with van der Waals surface area (Å²) >= 11 is 0. The first-order chi connectivity index (χ1) is 13.4. The lowest BCUT2D eigenvalue weighted by Gasteiger charge is -2.32. The van der Waals surface area contributed by atoms with Crippen molar-refractivity contribution < 1.29 is 9.31 Å². The summed E-state index contributed by atoms with van der Waals surface area (Å²) in [4.78, 5) is 2.39. The van der Waals surface area contributed by atoms with Gasteiger partial charge in [0, 0.05) is 23.0 Å². The predicted octanol–water partition coefficient (Wildman–Crippen LogP) is 5.06. The Morgan fingerprint density at radius 3 is 2.39 bits per heavy atom. The second kappa shape index (κ2) is 6.10. The van der Waals surface area contributed by atoms with E-state index in [1.54, 1.807) is 0 Å². The molecular formula is C24H26BNO2. The van der Waals surface area contributed by atoms with Crippen LogP contribution < -0.4 is 10.4 Å². The van der Waals surface area contributed by atoms with Crippen molar-refractivity contribution in [1.29, 1.82) is 0 Å². The Labute approximate surface area is 167 Å². The van der Waals surface area contributed by atoms with Crippen LogP contribution in [0.2, 0.25) is 0 Å². The average molecular weight is 371 g/mol. The Hall–Kier alpha value is -2.30. The van der Waals surface area contributed by atoms with E-state index in [1.165, 1.54) is 22.6 Å². The minimum atomic E-state index is -0.328. The molecule has 2 heterocycles. The fourth-order valence-electron chi connectivity index (χ4n) is 4.32. The molecular weight excluding hydrogens is 345 g/mol. The van der Waals surface area contributed by atoms with Crippen LogP contribution in [-0.2, 0) is 9.31 Å². The largest absolute Gasteiger partial charge is 0.494 e. The molecule has 2 aliphatic heterocycles. The van der Waals surface area contributed by atoms with Crippen LogP contribution in [0.3, 0.4) is 0 Å². The number of benzene rings is 2. The predicted molar refractivity (Wildman–Crippen MR) is 115 cm³/mol. The summed E-state index contributed by atoms with van der Waals surface area (Å²) in [5.74, 6) is 0.377. The molecule has 4 heteroatoms. The number of fused-ring (bicyclic) bond motifs is 3. The molecule has 1 atom stereocenters. The normalized spacial score (nSPS) is 24.1. The maximum atomic E-state index is 6.29. The quantitative estimate of drug-likeness (QED) is 0.689. The summed E-state index contributed by atoms with van der Waals surface area (Å²) in [6.45, 7) is 8.41. The summed E-state index contributed by atoms with van der Waals surface area (Å²) in [6, 6.07) is 17.3. The summed E-state index contributed by atoms with van der Waals surface area (Å²) in [5, 5.41) is 0. The Kier molecular flexibility index (Phi) is 3.87. The van der Waals surface area contributed by atoms with Gasteiger partial charge in [0.05, 0.1) is 11.2 Å². The number of rotatable bonds is 2. The monoisotopic (exact) mass is 371 g/mol. The van der Waals surface area contributed by atoms with Crippen LogP contribution >= 0.6 is 0 Å². The van der Waals surface area contributed by atoms with E-state index >= 15 is 0 Å². The van der Waals surface area contributed by atoms with Crippen LogP contribution in [0.5, 0.6) is 0 Å². The molecule has 0 aromatic heterocycles. The first kappa shape index (κ1) is 17.8. The fraction of sp³-hybridized carbons (Fsp3) is 0.333. The summed E-state index contributed by atoms with van der Waals surface area (Å²) in [7, 11) is -0.326. The van der Waals surface area contributed by atoms with Gasteiger partial charge in [0.1, 0.15) is 0 Å². The molecule has 1 aliphatic carbocycles. The number of para-hydroxylation sites is 1. The van der Waals surface area contributed by atoms with Crippen molar-refractivity contribution in [2.75, 3.05) is 4.90 Å². The molecule has 1 saturated heterocycles. The van der Waals surface area contributed by atoms with E-state index in [4.69, 9.17) is 9.31 Å². The Morgan fingerprint density at radius 2 is 1.68 bits per heavy atom. The van der Waals surface area contributed by atoms with Gasteiger partial charge >= 0.3 is 7.12 Å². The van der Waals surface area contributed by atoms with Crippen molar-refractivity contribution in [2.24, 2.45) is 0 Å². The number of hydrogen-bond donors (Lipinski definition) is 0. The van der Waals surface area contributed by atoms with Crippen LogP contribution in [0.4, 0.5) is 11.4 Å². The molecule has 28 heavy (non-hydrogen) atoms. The first-order valence-corrected chi connectivity index (χ1v) is 10.1. The molecule has 0 amide bonds. The van der Waals surface area contributed by atoms with Crippen LogP contribution in [0.25, 0.3) is 0 Å². The molecule has 0 radical (unpaired) electrons. The molecule has 5 rings (SSSR count). The Morgan fingerprint density at radius 1 is 0.964 bits per heavy atom. The Balaban J connectivity index is 1.57. The number of anilines is 2. The Bertz CT molecular complexity index is 961. The van der Waals surface area contributed by atoms with E-state index in [0.717, 1.165) is 11.9 Å². The van der Waals surface area contributed by atoms with Crippen molar-refractivity contribution in [3.8, 4) is 0 Å². The second-order valence-corrected chi connectivity index (χ2v) is 8.89. The van der Waals surface area contributed by atoms with E-state index in [9.17, 15) is 0 Å². The molecule has 2 aromatic rings. The number of hydrogen-bond acceptors (Lipinski definition) is 3. The highest BCUT2D eigenvalue weighted by atomic mass is 16.7. The molecule has 2 aromatic carbocycles. The standard InChI is InChI=1S/C24H26BNO2/c1-23(2)24(3,4)28-25(27-23)17-14-15-22-20(16-17)19-12-8-9-13-21(19)26(22)18-10-6-5-7-11-18/h5-11,13-16,19H,12H2,1-4H3. The molecule has 1 unspecified atom stereocenters. The molecule has 142 valence electrons. The number of nitrogens with zero attached hydrogens (tertiary/aromatic N) is 1. The number of allylic oxidation sites excluding steroid dienone is 4. The lowest BCUT2D eigenvalue weighted by molar-refractivity contribution is 0.00578. The molecule has 3 nitrogen and oxygen atoms in total. The van der Waals surface area contributed by atoms with Crippen LogP contribution in [0.15, 0.2) is 72.5 Å². The van der Waals surface area contributed by atoms with E-state index in [-0.39, 0.29) is 18.3 Å². The van der Waals surface area contributed by atoms with E-state index in [1.807, 2.05) is 0 Å². The third-order valence-corrected chi connectivity index (χ3v) is 6.60.